The molecule has 2 unspecified atom stereocenters. The van der Waals surface area contributed by atoms with Crippen LogP contribution in [0.1, 0.15) is 25.7 Å². The van der Waals surface area contributed by atoms with Gasteiger partial charge < -0.3 is 10.6 Å². The Morgan fingerprint density at radius 1 is 1.07 bits per heavy atom. The van der Waals surface area contributed by atoms with Gasteiger partial charge in [0.15, 0.2) is 0 Å². The molecule has 2 N–H and O–H groups in total. The monoisotopic (exact) mass is 197 g/mol. The first kappa shape index (κ1) is 10.4. The van der Waals surface area contributed by atoms with Gasteiger partial charge in [-0.25, -0.2) is 0 Å². The van der Waals surface area contributed by atoms with Gasteiger partial charge in [-0.05, 0) is 26.3 Å². The van der Waals surface area contributed by atoms with Gasteiger partial charge in [0, 0.05) is 38.3 Å². The van der Waals surface area contributed by atoms with Gasteiger partial charge in [0.25, 0.3) is 0 Å². The van der Waals surface area contributed by atoms with Crippen LogP contribution in [-0.4, -0.2) is 55.1 Å². The zero-order valence-electron chi connectivity index (χ0n) is 9.28. The first-order valence-electron chi connectivity index (χ1n) is 5.94. The first-order chi connectivity index (χ1) is 6.75. The van der Waals surface area contributed by atoms with E-state index in [0.29, 0.717) is 6.04 Å². The summed E-state index contributed by atoms with van der Waals surface area (Å²) in [6.07, 6.45) is 5.17. The van der Waals surface area contributed by atoms with Crippen molar-refractivity contribution in [3.05, 3.63) is 0 Å². The van der Waals surface area contributed by atoms with E-state index in [1.54, 1.807) is 0 Å². The van der Waals surface area contributed by atoms with Crippen LogP contribution >= 0.6 is 0 Å². The summed E-state index contributed by atoms with van der Waals surface area (Å²) in [6, 6.07) is 1.25. The summed E-state index contributed by atoms with van der Waals surface area (Å²) < 4.78 is 0. The molecule has 0 radical (unpaired) electrons. The summed E-state index contributed by atoms with van der Waals surface area (Å²) in [7, 11) is 2.21. The first-order valence-corrected chi connectivity index (χ1v) is 5.94. The predicted molar refractivity (Wildman–Crippen MR) is 59.3 cm³/mol. The molecule has 3 heteroatoms. The topological polar surface area (TPSA) is 32.5 Å². The number of piperazine rings is 1. The second-order valence-corrected chi connectivity index (χ2v) is 4.92. The number of rotatable bonds is 1. The van der Waals surface area contributed by atoms with Crippen molar-refractivity contribution >= 4 is 0 Å². The predicted octanol–water partition coefficient (Wildman–Crippen LogP) is 0.504. The SMILES string of the molecule is CN1CCN(C2CCCC(N)C2)CC1. The Morgan fingerprint density at radius 3 is 2.43 bits per heavy atom. The molecule has 0 aromatic carbocycles. The average Bonchev–Trinajstić information content (AvgIpc) is 2.19. The molecule has 1 saturated heterocycles. The molecular formula is C11H23N3. The fraction of sp³-hybridized carbons (Fsp3) is 1.00. The third-order valence-electron chi connectivity index (χ3n) is 3.74. The van der Waals surface area contributed by atoms with Crippen molar-refractivity contribution in [2.45, 2.75) is 37.8 Å². The van der Waals surface area contributed by atoms with Crippen LogP contribution < -0.4 is 5.73 Å². The number of nitrogens with two attached hydrogens (primary N) is 1. The standard InChI is InChI=1S/C11H23N3/c1-13-5-7-14(8-6-13)11-4-2-3-10(12)9-11/h10-11H,2-9,12H2,1H3. The van der Waals surface area contributed by atoms with Crippen LogP contribution in [0.5, 0.6) is 0 Å². The maximum atomic E-state index is 6.02. The van der Waals surface area contributed by atoms with E-state index in [1.165, 1.54) is 51.9 Å². The summed E-state index contributed by atoms with van der Waals surface area (Å²) in [6.45, 7) is 4.94. The normalized spacial score (nSPS) is 37.3. The Kier molecular flexibility index (Phi) is 3.42. The molecule has 1 heterocycles. The lowest BCUT2D eigenvalue weighted by Gasteiger charge is -2.40. The van der Waals surface area contributed by atoms with Crippen molar-refractivity contribution < 1.29 is 0 Å². The third-order valence-corrected chi connectivity index (χ3v) is 3.74. The Labute approximate surface area is 87.2 Å². The van der Waals surface area contributed by atoms with E-state index in [0.717, 1.165) is 6.04 Å². The lowest BCUT2D eigenvalue weighted by molar-refractivity contribution is 0.0869. The zero-order valence-corrected chi connectivity index (χ0v) is 9.28. The van der Waals surface area contributed by atoms with Gasteiger partial charge >= 0.3 is 0 Å². The summed E-state index contributed by atoms with van der Waals surface area (Å²) in [5, 5.41) is 0. The van der Waals surface area contributed by atoms with Crippen molar-refractivity contribution in [2.75, 3.05) is 33.2 Å². The molecule has 0 amide bonds. The lowest BCUT2D eigenvalue weighted by atomic mass is 9.90. The van der Waals surface area contributed by atoms with Gasteiger partial charge in [-0.3, -0.25) is 4.90 Å². The Hall–Kier alpha value is -0.120. The highest BCUT2D eigenvalue weighted by Crippen LogP contribution is 2.22. The van der Waals surface area contributed by atoms with Crippen molar-refractivity contribution in [3.8, 4) is 0 Å². The van der Waals surface area contributed by atoms with Crippen LogP contribution in [0.15, 0.2) is 0 Å². The molecule has 1 aliphatic heterocycles. The third kappa shape index (κ3) is 2.47. The molecule has 2 rings (SSSR count). The van der Waals surface area contributed by atoms with Crippen LogP contribution in [0, 0.1) is 0 Å². The second-order valence-electron chi connectivity index (χ2n) is 4.92. The van der Waals surface area contributed by atoms with Crippen molar-refractivity contribution in [2.24, 2.45) is 5.73 Å². The Bertz CT molecular complexity index is 175. The maximum absolute atomic E-state index is 6.02. The minimum atomic E-state index is 0.466. The van der Waals surface area contributed by atoms with Crippen molar-refractivity contribution in [1.82, 2.24) is 9.80 Å². The highest BCUT2D eigenvalue weighted by molar-refractivity contribution is 4.84. The summed E-state index contributed by atoms with van der Waals surface area (Å²) >= 11 is 0. The molecule has 3 nitrogen and oxygen atoms in total. The smallest absolute Gasteiger partial charge is 0.0113 e. The number of hydrogen-bond acceptors (Lipinski definition) is 3. The summed E-state index contributed by atoms with van der Waals surface area (Å²) in [5.41, 5.74) is 6.02. The van der Waals surface area contributed by atoms with Gasteiger partial charge in [-0.1, -0.05) is 6.42 Å². The van der Waals surface area contributed by atoms with Gasteiger partial charge in [0.1, 0.15) is 0 Å². The zero-order chi connectivity index (χ0) is 9.97. The average molecular weight is 197 g/mol. The van der Waals surface area contributed by atoms with Gasteiger partial charge in [0.05, 0.1) is 0 Å². The van der Waals surface area contributed by atoms with E-state index in [4.69, 9.17) is 5.73 Å². The van der Waals surface area contributed by atoms with E-state index in [9.17, 15) is 0 Å². The van der Waals surface area contributed by atoms with Gasteiger partial charge in [-0.15, -0.1) is 0 Å². The fourth-order valence-corrected chi connectivity index (χ4v) is 2.72. The van der Waals surface area contributed by atoms with Crippen LogP contribution in [0.2, 0.25) is 0 Å². The highest BCUT2D eigenvalue weighted by atomic mass is 15.3. The molecule has 82 valence electrons. The van der Waals surface area contributed by atoms with Gasteiger partial charge in [-0.2, -0.15) is 0 Å². The minimum absolute atomic E-state index is 0.466. The van der Waals surface area contributed by atoms with Crippen molar-refractivity contribution in [1.29, 1.82) is 0 Å². The molecular weight excluding hydrogens is 174 g/mol. The fourth-order valence-electron chi connectivity index (χ4n) is 2.72. The van der Waals surface area contributed by atoms with E-state index in [1.807, 2.05) is 0 Å². The van der Waals surface area contributed by atoms with E-state index in [2.05, 4.69) is 16.8 Å². The summed E-state index contributed by atoms with van der Waals surface area (Å²) in [4.78, 5) is 5.07. The minimum Gasteiger partial charge on any atom is -0.328 e. The summed E-state index contributed by atoms with van der Waals surface area (Å²) in [5.74, 6) is 0. The number of likely N-dealkylation sites (N-methyl/N-ethyl adjacent to an activating group) is 1. The quantitative estimate of drug-likeness (QED) is 0.664. The molecule has 2 atom stereocenters. The lowest BCUT2D eigenvalue weighted by Crippen LogP contribution is -2.51. The van der Waals surface area contributed by atoms with Crippen molar-refractivity contribution in [3.63, 3.8) is 0 Å². The molecule has 2 aliphatic rings. The maximum Gasteiger partial charge on any atom is 0.0113 e. The molecule has 1 saturated carbocycles. The van der Waals surface area contributed by atoms with E-state index >= 15 is 0 Å². The Morgan fingerprint density at radius 2 is 1.79 bits per heavy atom. The largest absolute Gasteiger partial charge is 0.328 e. The highest BCUT2D eigenvalue weighted by Gasteiger charge is 2.26. The number of hydrogen-bond donors (Lipinski definition) is 1. The van der Waals surface area contributed by atoms with Crippen LogP contribution in [0.3, 0.4) is 0 Å². The molecule has 1 aliphatic carbocycles. The van der Waals surface area contributed by atoms with Crippen LogP contribution in [-0.2, 0) is 0 Å². The van der Waals surface area contributed by atoms with Gasteiger partial charge in [0.2, 0.25) is 0 Å². The molecule has 0 aromatic rings. The van der Waals surface area contributed by atoms with E-state index < -0.39 is 0 Å². The second kappa shape index (κ2) is 4.60. The molecule has 2 fully saturated rings. The molecule has 0 bridgehead atoms. The Balaban J connectivity index is 1.82. The van der Waals surface area contributed by atoms with Crippen LogP contribution in [0.4, 0.5) is 0 Å². The molecule has 0 aromatic heterocycles. The number of nitrogens with zero attached hydrogens (tertiary/aromatic N) is 2. The van der Waals surface area contributed by atoms with E-state index in [-0.39, 0.29) is 0 Å². The molecule has 0 spiro atoms. The van der Waals surface area contributed by atoms with Crippen LogP contribution in [0.25, 0.3) is 0 Å². The molecule has 14 heavy (non-hydrogen) atoms.